The van der Waals surface area contributed by atoms with Crippen LogP contribution in [0.3, 0.4) is 0 Å². The molecule has 0 radical (unpaired) electrons. The number of hydrogen-bond acceptors (Lipinski definition) is 3. The molecule has 0 aliphatic carbocycles. The molecule has 18 heavy (non-hydrogen) atoms. The Morgan fingerprint density at radius 1 is 1.28 bits per heavy atom. The third-order valence-electron chi connectivity index (χ3n) is 2.06. The number of carbonyl (C=O) groups is 1. The fourth-order valence-electron chi connectivity index (χ4n) is 1.31. The number of carbonyl (C=O) groups excluding carboxylic acids is 1. The third-order valence-corrected chi connectivity index (χ3v) is 2.28. The third kappa shape index (κ3) is 4.21. The Labute approximate surface area is 112 Å². The predicted molar refractivity (Wildman–Crippen MR) is 74.5 cm³/mol. The summed E-state index contributed by atoms with van der Waals surface area (Å²) in [5, 5.41) is 3.32. The minimum Gasteiger partial charge on any atom is -0.496 e. The first-order valence-electron chi connectivity index (χ1n) is 5.54. The van der Waals surface area contributed by atoms with E-state index >= 15 is 0 Å². The van der Waals surface area contributed by atoms with E-state index in [-0.39, 0.29) is 11.9 Å². The van der Waals surface area contributed by atoms with Crippen molar-refractivity contribution in [2.45, 2.75) is 19.9 Å². The monoisotopic (exact) mass is 267 g/mol. The maximum Gasteiger partial charge on any atom is 0.273 e. The van der Waals surface area contributed by atoms with E-state index in [2.05, 4.69) is 16.2 Å². The van der Waals surface area contributed by atoms with Gasteiger partial charge in [0.2, 0.25) is 0 Å². The van der Waals surface area contributed by atoms with E-state index in [9.17, 15) is 4.79 Å². The molecule has 0 aliphatic heterocycles. The molecule has 1 amide bonds. The minimum atomic E-state index is -0.305. The van der Waals surface area contributed by atoms with Gasteiger partial charge in [0.05, 0.1) is 12.7 Å². The van der Waals surface area contributed by atoms with Gasteiger partial charge in [-0.1, -0.05) is 12.1 Å². The summed E-state index contributed by atoms with van der Waals surface area (Å²) in [4.78, 5) is 11.9. The van der Waals surface area contributed by atoms with E-state index in [0.717, 1.165) is 0 Å². The summed E-state index contributed by atoms with van der Waals surface area (Å²) < 4.78 is 5.10. The average Bonchev–Trinajstić information content (AvgIpc) is 2.35. The minimum absolute atomic E-state index is 0.202. The summed E-state index contributed by atoms with van der Waals surface area (Å²) in [6.45, 7) is 3.91. The summed E-state index contributed by atoms with van der Waals surface area (Å²) in [6, 6.07) is 7.16. The number of amides is 1. The molecule has 0 unspecified atom stereocenters. The van der Waals surface area contributed by atoms with Crippen LogP contribution in [0.4, 0.5) is 0 Å². The first-order valence-corrected chi connectivity index (χ1v) is 5.95. The van der Waals surface area contributed by atoms with E-state index in [0.29, 0.717) is 16.4 Å². The lowest BCUT2D eigenvalue weighted by atomic mass is 10.2. The molecule has 5 nitrogen and oxygen atoms in total. The van der Waals surface area contributed by atoms with Crippen molar-refractivity contribution in [2.75, 3.05) is 7.11 Å². The van der Waals surface area contributed by atoms with Gasteiger partial charge in [-0.3, -0.25) is 15.6 Å². The van der Waals surface area contributed by atoms with E-state index in [4.69, 9.17) is 17.0 Å². The Morgan fingerprint density at radius 2 is 1.94 bits per heavy atom. The van der Waals surface area contributed by atoms with Crippen molar-refractivity contribution < 1.29 is 9.53 Å². The Morgan fingerprint density at radius 3 is 2.56 bits per heavy atom. The predicted octanol–water partition coefficient (Wildman–Crippen LogP) is 1.21. The van der Waals surface area contributed by atoms with Crippen LogP contribution in [0.1, 0.15) is 24.2 Å². The average molecular weight is 267 g/mol. The molecule has 6 heteroatoms. The fraction of sp³-hybridized carbons (Fsp3) is 0.333. The second-order valence-electron chi connectivity index (χ2n) is 3.91. The molecule has 0 atom stereocenters. The largest absolute Gasteiger partial charge is 0.496 e. The van der Waals surface area contributed by atoms with Gasteiger partial charge in [0.1, 0.15) is 5.75 Å². The zero-order valence-electron chi connectivity index (χ0n) is 10.6. The zero-order valence-corrected chi connectivity index (χ0v) is 11.4. The number of ether oxygens (including phenoxy) is 1. The van der Waals surface area contributed by atoms with Crippen molar-refractivity contribution in [1.82, 2.24) is 16.2 Å². The lowest BCUT2D eigenvalue weighted by molar-refractivity contribution is 0.0940. The zero-order chi connectivity index (χ0) is 13.5. The highest BCUT2D eigenvalue weighted by Gasteiger charge is 2.11. The van der Waals surface area contributed by atoms with Crippen LogP contribution < -0.4 is 20.9 Å². The van der Waals surface area contributed by atoms with Crippen LogP contribution in [0.25, 0.3) is 0 Å². The number of hydrazine groups is 1. The van der Waals surface area contributed by atoms with E-state index < -0.39 is 0 Å². The Bertz CT molecular complexity index is 435. The summed E-state index contributed by atoms with van der Waals surface area (Å²) in [6.07, 6.45) is 0. The van der Waals surface area contributed by atoms with Gasteiger partial charge >= 0.3 is 0 Å². The highest BCUT2D eigenvalue weighted by Crippen LogP contribution is 2.16. The van der Waals surface area contributed by atoms with Crippen LogP contribution in [0.2, 0.25) is 0 Å². The fourth-order valence-corrected chi connectivity index (χ4v) is 1.60. The topological polar surface area (TPSA) is 62.4 Å². The Kier molecular flexibility index (Phi) is 5.38. The standard InChI is InChI=1S/C12H17N3O2S/c1-8(2)13-12(18)15-14-11(16)9-6-4-5-7-10(9)17-3/h4-8H,1-3H3,(H,14,16)(H2,13,15,18). The molecule has 0 bridgehead atoms. The van der Waals surface area contributed by atoms with Crippen LogP contribution in [-0.4, -0.2) is 24.2 Å². The van der Waals surface area contributed by atoms with Crippen LogP contribution in [-0.2, 0) is 0 Å². The first kappa shape index (κ1) is 14.2. The molecule has 1 aromatic rings. The lowest BCUT2D eigenvalue weighted by Gasteiger charge is -2.14. The molecule has 0 heterocycles. The molecule has 0 aliphatic rings. The summed E-state index contributed by atoms with van der Waals surface area (Å²) in [5.74, 6) is 0.208. The number of hydrogen-bond donors (Lipinski definition) is 3. The summed E-state index contributed by atoms with van der Waals surface area (Å²) in [7, 11) is 1.52. The molecule has 98 valence electrons. The molecule has 1 aromatic carbocycles. The van der Waals surface area contributed by atoms with Crippen molar-refractivity contribution in [3.05, 3.63) is 29.8 Å². The molecule has 1 rings (SSSR count). The van der Waals surface area contributed by atoms with Gasteiger partial charge < -0.3 is 10.1 Å². The van der Waals surface area contributed by atoms with E-state index in [1.807, 2.05) is 13.8 Å². The highest BCUT2D eigenvalue weighted by atomic mass is 32.1. The lowest BCUT2D eigenvalue weighted by Crippen LogP contribution is -2.48. The molecular formula is C12H17N3O2S. The molecular weight excluding hydrogens is 250 g/mol. The highest BCUT2D eigenvalue weighted by molar-refractivity contribution is 7.80. The Hall–Kier alpha value is -1.82. The van der Waals surface area contributed by atoms with Gasteiger partial charge in [-0.25, -0.2) is 0 Å². The smallest absolute Gasteiger partial charge is 0.273 e. The van der Waals surface area contributed by atoms with Crippen molar-refractivity contribution >= 4 is 23.2 Å². The number of para-hydroxylation sites is 1. The first-order chi connectivity index (χ1) is 8.54. The summed E-state index contributed by atoms with van der Waals surface area (Å²) in [5.41, 5.74) is 5.58. The number of rotatable bonds is 3. The summed E-state index contributed by atoms with van der Waals surface area (Å²) >= 11 is 4.99. The van der Waals surface area contributed by atoms with Crippen molar-refractivity contribution in [3.8, 4) is 5.75 Å². The molecule has 0 aromatic heterocycles. The quantitative estimate of drug-likeness (QED) is 0.567. The van der Waals surface area contributed by atoms with Gasteiger partial charge in [0.25, 0.3) is 5.91 Å². The molecule has 0 saturated carbocycles. The maximum atomic E-state index is 11.9. The normalized spacial score (nSPS) is 9.78. The van der Waals surface area contributed by atoms with Crippen molar-refractivity contribution in [3.63, 3.8) is 0 Å². The van der Waals surface area contributed by atoms with Gasteiger partial charge in [-0.15, -0.1) is 0 Å². The molecule has 0 saturated heterocycles. The van der Waals surface area contributed by atoms with Gasteiger partial charge in [0, 0.05) is 6.04 Å². The second-order valence-corrected chi connectivity index (χ2v) is 4.32. The van der Waals surface area contributed by atoms with Crippen LogP contribution in [0, 0.1) is 0 Å². The second kappa shape index (κ2) is 6.80. The SMILES string of the molecule is COc1ccccc1C(=O)NNC(=S)NC(C)C. The number of nitrogens with one attached hydrogen (secondary N) is 3. The van der Waals surface area contributed by atoms with Crippen LogP contribution in [0.5, 0.6) is 5.75 Å². The maximum absolute atomic E-state index is 11.9. The van der Waals surface area contributed by atoms with Gasteiger partial charge in [-0.2, -0.15) is 0 Å². The number of methoxy groups -OCH3 is 1. The van der Waals surface area contributed by atoms with Crippen molar-refractivity contribution in [1.29, 1.82) is 0 Å². The van der Waals surface area contributed by atoms with Crippen molar-refractivity contribution in [2.24, 2.45) is 0 Å². The Balaban J connectivity index is 2.58. The number of thiocarbonyl (C=S) groups is 1. The molecule has 3 N–H and O–H groups in total. The van der Waals surface area contributed by atoms with E-state index in [1.165, 1.54) is 7.11 Å². The van der Waals surface area contributed by atoms with Gasteiger partial charge in [-0.05, 0) is 38.2 Å². The number of benzene rings is 1. The van der Waals surface area contributed by atoms with Crippen LogP contribution in [0.15, 0.2) is 24.3 Å². The van der Waals surface area contributed by atoms with Crippen LogP contribution >= 0.6 is 12.2 Å². The molecule has 0 spiro atoms. The van der Waals surface area contributed by atoms with E-state index in [1.54, 1.807) is 24.3 Å². The van der Waals surface area contributed by atoms with Gasteiger partial charge in [0.15, 0.2) is 5.11 Å². The molecule has 0 fully saturated rings.